The molecule has 0 aliphatic heterocycles. The summed E-state index contributed by atoms with van der Waals surface area (Å²) in [6.07, 6.45) is 1.58. The summed E-state index contributed by atoms with van der Waals surface area (Å²) in [5.41, 5.74) is 0. The molecule has 6 heteroatoms. The molecule has 0 aromatic carbocycles. The molecule has 0 saturated heterocycles. The molecule has 0 atom stereocenters. The predicted molar refractivity (Wildman–Crippen MR) is 91.2 cm³/mol. The summed E-state index contributed by atoms with van der Waals surface area (Å²) in [5.74, 6) is 0.242. The number of hydrogen-bond donors (Lipinski definition) is 1. The Bertz CT molecular complexity index is 341. The van der Waals surface area contributed by atoms with E-state index in [0.717, 1.165) is 32.6 Å². The first-order chi connectivity index (χ1) is 9.87. The lowest BCUT2D eigenvalue weighted by molar-refractivity contribution is 0.285. The van der Waals surface area contributed by atoms with E-state index in [1.54, 1.807) is 4.31 Å². The molecule has 0 amide bonds. The highest BCUT2D eigenvalue weighted by atomic mass is 32.2. The highest BCUT2D eigenvalue weighted by molar-refractivity contribution is 7.89. The maximum atomic E-state index is 12.3. The monoisotopic (exact) mass is 321 g/mol. The van der Waals surface area contributed by atoms with Crippen molar-refractivity contribution in [3.05, 3.63) is 0 Å². The van der Waals surface area contributed by atoms with Crippen LogP contribution in [-0.2, 0) is 10.0 Å². The van der Waals surface area contributed by atoms with Gasteiger partial charge in [0.25, 0.3) is 0 Å². The molecule has 0 heterocycles. The van der Waals surface area contributed by atoms with Crippen molar-refractivity contribution in [3.63, 3.8) is 0 Å². The van der Waals surface area contributed by atoms with Gasteiger partial charge in [-0.3, -0.25) is 0 Å². The molecular weight excluding hydrogens is 286 g/mol. The maximum absolute atomic E-state index is 12.3. The largest absolute Gasteiger partial charge is 0.314 e. The van der Waals surface area contributed by atoms with Crippen LogP contribution in [-0.4, -0.2) is 68.7 Å². The van der Waals surface area contributed by atoms with Gasteiger partial charge in [0.1, 0.15) is 0 Å². The van der Waals surface area contributed by atoms with E-state index in [2.05, 4.69) is 37.9 Å². The Kier molecular flexibility index (Phi) is 11.3. The van der Waals surface area contributed by atoms with E-state index in [4.69, 9.17) is 0 Å². The second-order valence-corrected chi connectivity index (χ2v) is 7.74. The van der Waals surface area contributed by atoms with Crippen molar-refractivity contribution in [2.24, 2.45) is 0 Å². The zero-order valence-electron chi connectivity index (χ0n) is 14.6. The van der Waals surface area contributed by atoms with E-state index in [9.17, 15) is 8.42 Å². The summed E-state index contributed by atoms with van der Waals surface area (Å²) in [5, 5.41) is 3.26. The Morgan fingerprint density at radius 2 is 1.57 bits per heavy atom. The second kappa shape index (κ2) is 11.4. The van der Waals surface area contributed by atoms with Crippen LogP contribution in [0.3, 0.4) is 0 Å². The van der Waals surface area contributed by atoms with Crippen LogP contribution >= 0.6 is 0 Å². The van der Waals surface area contributed by atoms with Gasteiger partial charge in [0.15, 0.2) is 0 Å². The van der Waals surface area contributed by atoms with Crippen LogP contribution in [0.4, 0.5) is 0 Å². The zero-order valence-corrected chi connectivity index (χ0v) is 15.4. The minimum Gasteiger partial charge on any atom is -0.314 e. The van der Waals surface area contributed by atoms with Crippen molar-refractivity contribution >= 4 is 10.0 Å². The number of sulfonamides is 1. The Labute approximate surface area is 132 Å². The lowest BCUT2D eigenvalue weighted by Gasteiger charge is -2.23. The van der Waals surface area contributed by atoms with Gasteiger partial charge in [-0.2, -0.15) is 0 Å². The van der Waals surface area contributed by atoms with Gasteiger partial charge in [0, 0.05) is 19.1 Å². The smallest absolute Gasteiger partial charge is 0.214 e. The highest BCUT2D eigenvalue weighted by Gasteiger charge is 2.19. The van der Waals surface area contributed by atoms with Crippen LogP contribution < -0.4 is 5.32 Å². The minimum atomic E-state index is -3.11. The third-order valence-electron chi connectivity index (χ3n) is 3.65. The van der Waals surface area contributed by atoms with E-state index < -0.39 is 10.0 Å². The Morgan fingerprint density at radius 3 is 2.05 bits per heavy atom. The van der Waals surface area contributed by atoms with Crippen molar-refractivity contribution in [1.82, 2.24) is 14.5 Å². The van der Waals surface area contributed by atoms with Crippen LogP contribution in [0.5, 0.6) is 0 Å². The lowest BCUT2D eigenvalue weighted by Crippen LogP contribution is -2.36. The molecule has 0 aliphatic rings. The fourth-order valence-electron chi connectivity index (χ4n) is 2.28. The first kappa shape index (κ1) is 20.8. The first-order valence-electron chi connectivity index (χ1n) is 8.30. The molecular formula is C15H35N3O2S. The quantitative estimate of drug-likeness (QED) is 0.525. The summed E-state index contributed by atoms with van der Waals surface area (Å²) in [4.78, 5) is 2.33. The highest BCUT2D eigenvalue weighted by Crippen LogP contribution is 2.05. The van der Waals surface area contributed by atoms with Gasteiger partial charge in [-0.15, -0.1) is 0 Å². The summed E-state index contributed by atoms with van der Waals surface area (Å²) in [6.45, 7) is 15.3. The maximum Gasteiger partial charge on any atom is 0.214 e. The van der Waals surface area contributed by atoms with Crippen LogP contribution in [0.1, 0.15) is 47.5 Å². The molecule has 0 aromatic heterocycles. The van der Waals surface area contributed by atoms with Crippen molar-refractivity contribution in [3.8, 4) is 0 Å². The molecule has 0 saturated carbocycles. The summed E-state index contributed by atoms with van der Waals surface area (Å²) in [7, 11) is -3.11. The molecule has 21 heavy (non-hydrogen) atoms. The normalized spacial score (nSPS) is 12.8. The molecule has 128 valence electrons. The van der Waals surface area contributed by atoms with E-state index in [1.807, 2.05) is 6.92 Å². The van der Waals surface area contributed by atoms with Crippen molar-refractivity contribution < 1.29 is 8.42 Å². The van der Waals surface area contributed by atoms with Gasteiger partial charge in [0.05, 0.1) is 5.75 Å². The van der Waals surface area contributed by atoms with Crippen LogP contribution in [0, 0.1) is 0 Å². The average Bonchev–Trinajstić information content (AvgIpc) is 2.43. The molecule has 0 bridgehead atoms. The minimum absolute atomic E-state index is 0.242. The average molecular weight is 322 g/mol. The number of nitrogens with one attached hydrogen (secondary N) is 1. The number of hydrogen-bond acceptors (Lipinski definition) is 4. The van der Waals surface area contributed by atoms with Gasteiger partial charge < -0.3 is 10.2 Å². The molecule has 1 N–H and O–H groups in total. The predicted octanol–water partition coefficient (Wildman–Crippen LogP) is 1.76. The third kappa shape index (κ3) is 9.45. The van der Waals surface area contributed by atoms with E-state index in [0.29, 0.717) is 25.6 Å². The molecule has 0 radical (unpaired) electrons. The zero-order chi connectivity index (χ0) is 16.3. The van der Waals surface area contributed by atoms with Crippen molar-refractivity contribution in [2.75, 3.05) is 45.0 Å². The summed E-state index contributed by atoms with van der Waals surface area (Å²) < 4.78 is 26.2. The molecule has 0 aromatic rings. The molecule has 0 aliphatic carbocycles. The van der Waals surface area contributed by atoms with E-state index in [1.165, 1.54) is 0 Å². The van der Waals surface area contributed by atoms with Crippen LogP contribution in [0.2, 0.25) is 0 Å². The number of rotatable bonds is 13. The number of nitrogens with zero attached hydrogens (tertiary/aromatic N) is 2. The first-order valence-corrected chi connectivity index (χ1v) is 9.91. The molecule has 0 unspecified atom stereocenters. The summed E-state index contributed by atoms with van der Waals surface area (Å²) >= 11 is 0. The topological polar surface area (TPSA) is 52.7 Å². The Balaban J connectivity index is 4.17. The van der Waals surface area contributed by atoms with Gasteiger partial charge in [-0.25, -0.2) is 12.7 Å². The fraction of sp³-hybridized carbons (Fsp3) is 1.00. The van der Waals surface area contributed by atoms with Gasteiger partial charge >= 0.3 is 0 Å². The Morgan fingerprint density at radius 1 is 0.952 bits per heavy atom. The fourth-order valence-corrected chi connectivity index (χ4v) is 3.85. The van der Waals surface area contributed by atoms with Crippen LogP contribution in [0.25, 0.3) is 0 Å². The second-order valence-electron chi connectivity index (χ2n) is 5.65. The SMILES string of the molecule is CCN(CC)CCCN(CC)S(=O)(=O)CCCNC(C)C. The van der Waals surface area contributed by atoms with Gasteiger partial charge in [0.2, 0.25) is 10.0 Å². The molecule has 0 fully saturated rings. The third-order valence-corrected chi connectivity index (χ3v) is 5.69. The van der Waals surface area contributed by atoms with Crippen molar-refractivity contribution in [1.29, 1.82) is 0 Å². The Hall–Kier alpha value is -0.170. The molecule has 5 nitrogen and oxygen atoms in total. The van der Waals surface area contributed by atoms with E-state index in [-0.39, 0.29) is 5.75 Å². The van der Waals surface area contributed by atoms with Crippen molar-refractivity contribution in [2.45, 2.75) is 53.5 Å². The summed E-state index contributed by atoms with van der Waals surface area (Å²) in [6, 6.07) is 0.407. The molecule has 0 rings (SSSR count). The van der Waals surface area contributed by atoms with Gasteiger partial charge in [-0.1, -0.05) is 34.6 Å². The van der Waals surface area contributed by atoms with Crippen LogP contribution in [0.15, 0.2) is 0 Å². The standard InChI is InChI=1S/C15H35N3O2S/c1-6-17(7-2)12-10-13-18(8-3)21(19,20)14-9-11-16-15(4)5/h15-16H,6-14H2,1-5H3. The van der Waals surface area contributed by atoms with Gasteiger partial charge in [-0.05, 0) is 39.0 Å². The van der Waals surface area contributed by atoms with E-state index >= 15 is 0 Å². The molecule has 0 spiro atoms. The lowest BCUT2D eigenvalue weighted by atomic mass is 10.3.